The third kappa shape index (κ3) is 3.37. The van der Waals surface area contributed by atoms with Gasteiger partial charge < -0.3 is 15.2 Å². The van der Waals surface area contributed by atoms with Crippen molar-refractivity contribution in [2.45, 2.75) is 13.8 Å². The number of nitrogens with one attached hydrogen (secondary N) is 2. The molecule has 0 bridgehead atoms. The van der Waals surface area contributed by atoms with Gasteiger partial charge in [0.15, 0.2) is 0 Å². The average molecular weight is 308 g/mol. The van der Waals surface area contributed by atoms with Gasteiger partial charge in [-0.1, -0.05) is 23.4 Å². The number of benzene rings is 1. The van der Waals surface area contributed by atoms with Crippen LogP contribution in [0.25, 0.3) is 0 Å². The van der Waals surface area contributed by atoms with Crippen LogP contribution in [0.5, 0.6) is 0 Å². The molecule has 2 N–H and O–H groups in total. The summed E-state index contributed by atoms with van der Waals surface area (Å²) >= 11 is 0. The molecule has 0 atom stereocenters. The Morgan fingerprint density at radius 2 is 1.83 bits per heavy atom. The molecule has 0 spiro atoms. The van der Waals surface area contributed by atoms with Crippen LogP contribution in [0.15, 0.2) is 53.2 Å². The maximum Gasteiger partial charge on any atom is 0.261 e. The number of aromatic nitrogens is 2. The summed E-state index contributed by atoms with van der Waals surface area (Å²) in [6.07, 6.45) is 1.60. The SMILES string of the molecule is Cc1noc(C)c1C(=O)Nc1ccc(Nc2ccccc2)nc1. The molecular formula is C17H16N4O2. The van der Waals surface area contributed by atoms with E-state index < -0.39 is 0 Å². The van der Waals surface area contributed by atoms with Crippen LogP contribution in [-0.2, 0) is 0 Å². The summed E-state index contributed by atoms with van der Waals surface area (Å²) in [6, 6.07) is 13.3. The normalized spacial score (nSPS) is 10.3. The standard InChI is InChI=1S/C17H16N4O2/c1-11-16(12(2)23-21-11)17(22)20-14-8-9-15(18-10-14)19-13-6-4-3-5-7-13/h3-10H,1-2H3,(H,18,19)(H,20,22). The Labute approximate surface area is 133 Å². The van der Waals surface area contributed by atoms with Crippen LogP contribution in [0.2, 0.25) is 0 Å². The number of carbonyl (C=O) groups is 1. The van der Waals surface area contributed by atoms with E-state index >= 15 is 0 Å². The Hall–Kier alpha value is -3.15. The second-order valence-corrected chi connectivity index (χ2v) is 5.08. The van der Waals surface area contributed by atoms with Gasteiger partial charge in [-0.15, -0.1) is 0 Å². The van der Waals surface area contributed by atoms with Crippen LogP contribution in [0.1, 0.15) is 21.8 Å². The van der Waals surface area contributed by atoms with Gasteiger partial charge in [-0.05, 0) is 38.1 Å². The molecule has 1 amide bonds. The zero-order chi connectivity index (χ0) is 16.2. The summed E-state index contributed by atoms with van der Waals surface area (Å²) < 4.78 is 5.00. The van der Waals surface area contributed by atoms with Gasteiger partial charge in [-0.25, -0.2) is 4.98 Å². The first kappa shape index (κ1) is 14.8. The Bertz CT molecular complexity index is 791. The number of hydrogen-bond donors (Lipinski definition) is 2. The number of para-hydroxylation sites is 1. The number of aryl methyl sites for hydroxylation is 2. The minimum Gasteiger partial charge on any atom is -0.361 e. The number of amides is 1. The predicted molar refractivity (Wildman–Crippen MR) is 87.9 cm³/mol. The van der Waals surface area contributed by atoms with E-state index in [1.54, 1.807) is 32.2 Å². The summed E-state index contributed by atoms with van der Waals surface area (Å²) in [7, 11) is 0. The summed E-state index contributed by atoms with van der Waals surface area (Å²) in [5.74, 6) is 0.939. The lowest BCUT2D eigenvalue weighted by Gasteiger charge is -2.07. The van der Waals surface area contributed by atoms with Crippen molar-refractivity contribution in [3.63, 3.8) is 0 Å². The first-order valence-corrected chi connectivity index (χ1v) is 7.16. The molecule has 3 aromatic rings. The number of nitrogens with zero attached hydrogens (tertiary/aromatic N) is 2. The Morgan fingerprint density at radius 3 is 2.43 bits per heavy atom. The minimum atomic E-state index is -0.258. The smallest absolute Gasteiger partial charge is 0.261 e. The molecule has 6 nitrogen and oxygen atoms in total. The first-order valence-electron chi connectivity index (χ1n) is 7.16. The van der Waals surface area contributed by atoms with E-state index in [4.69, 9.17) is 4.52 Å². The van der Waals surface area contributed by atoms with Crippen molar-refractivity contribution in [1.82, 2.24) is 10.1 Å². The van der Waals surface area contributed by atoms with Crippen LogP contribution in [0.3, 0.4) is 0 Å². The highest BCUT2D eigenvalue weighted by molar-refractivity contribution is 6.05. The zero-order valence-electron chi connectivity index (χ0n) is 12.8. The van der Waals surface area contributed by atoms with Gasteiger partial charge in [0.05, 0.1) is 17.6 Å². The fraction of sp³-hybridized carbons (Fsp3) is 0.118. The molecule has 0 aliphatic rings. The van der Waals surface area contributed by atoms with Gasteiger partial charge in [-0.2, -0.15) is 0 Å². The van der Waals surface area contributed by atoms with Crippen molar-refractivity contribution in [1.29, 1.82) is 0 Å². The molecule has 0 aliphatic carbocycles. The van der Waals surface area contributed by atoms with E-state index in [0.29, 0.717) is 28.5 Å². The second kappa shape index (κ2) is 6.31. The number of anilines is 3. The number of rotatable bonds is 4. The lowest BCUT2D eigenvalue weighted by atomic mass is 10.2. The summed E-state index contributed by atoms with van der Waals surface area (Å²) in [5, 5.41) is 9.75. The number of hydrogen-bond acceptors (Lipinski definition) is 5. The van der Waals surface area contributed by atoms with E-state index in [0.717, 1.165) is 5.69 Å². The highest BCUT2D eigenvalue weighted by atomic mass is 16.5. The van der Waals surface area contributed by atoms with E-state index in [9.17, 15) is 4.79 Å². The van der Waals surface area contributed by atoms with E-state index in [2.05, 4.69) is 20.8 Å². The molecule has 23 heavy (non-hydrogen) atoms. The monoisotopic (exact) mass is 308 g/mol. The predicted octanol–water partition coefficient (Wildman–Crippen LogP) is 3.68. The third-order valence-electron chi connectivity index (χ3n) is 3.33. The van der Waals surface area contributed by atoms with Crippen LogP contribution in [0, 0.1) is 13.8 Å². The van der Waals surface area contributed by atoms with Crippen molar-refractivity contribution >= 4 is 23.1 Å². The van der Waals surface area contributed by atoms with Gasteiger partial charge in [0.25, 0.3) is 5.91 Å². The van der Waals surface area contributed by atoms with Crippen molar-refractivity contribution in [2.24, 2.45) is 0 Å². The average Bonchev–Trinajstić information content (AvgIpc) is 2.89. The molecule has 0 saturated heterocycles. The molecule has 0 fully saturated rings. The molecule has 0 saturated carbocycles. The van der Waals surface area contributed by atoms with Crippen LogP contribution < -0.4 is 10.6 Å². The highest BCUT2D eigenvalue weighted by Crippen LogP contribution is 2.18. The van der Waals surface area contributed by atoms with E-state index in [1.807, 2.05) is 30.3 Å². The van der Waals surface area contributed by atoms with Gasteiger partial charge in [0.1, 0.15) is 17.1 Å². The first-order chi connectivity index (χ1) is 11.1. The zero-order valence-corrected chi connectivity index (χ0v) is 12.8. The summed E-state index contributed by atoms with van der Waals surface area (Å²) in [5.41, 5.74) is 2.58. The fourth-order valence-corrected chi connectivity index (χ4v) is 2.21. The maximum atomic E-state index is 12.2. The number of pyridine rings is 1. The van der Waals surface area contributed by atoms with E-state index in [1.165, 1.54) is 0 Å². The molecule has 0 aliphatic heterocycles. The maximum absolute atomic E-state index is 12.2. The third-order valence-corrected chi connectivity index (χ3v) is 3.33. The molecule has 2 aromatic heterocycles. The van der Waals surface area contributed by atoms with Gasteiger partial charge in [-0.3, -0.25) is 4.79 Å². The van der Waals surface area contributed by atoms with Gasteiger partial charge in [0, 0.05) is 5.69 Å². The lowest BCUT2D eigenvalue weighted by molar-refractivity contribution is 0.102. The van der Waals surface area contributed by atoms with Crippen molar-refractivity contribution < 1.29 is 9.32 Å². The Kier molecular flexibility index (Phi) is 4.05. The second-order valence-electron chi connectivity index (χ2n) is 5.08. The largest absolute Gasteiger partial charge is 0.361 e. The van der Waals surface area contributed by atoms with Gasteiger partial charge >= 0.3 is 0 Å². The van der Waals surface area contributed by atoms with Crippen molar-refractivity contribution in [3.8, 4) is 0 Å². The summed E-state index contributed by atoms with van der Waals surface area (Å²) in [4.78, 5) is 16.5. The molecule has 3 rings (SSSR count). The van der Waals surface area contributed by atoms with Crippen molar-refractivity contribution in [2.75, 3.05) is 10.6 Å². The van der Waals surface area contributed by atoms with Crippen LogP contribution in [0.4, 0.5) is 17.2 Å². The molecular weight excluding hydrogens is 292 g/mol. The quantitative estimate of drug-likeness (QED) is 0.768. The fourth-order valence-electron chi connectivity index (χ4n) is 2.21. The molecule has 0 radical (unpaired) electrons. The van der Waals surface area contributed by atoms with E-state index in [-0.39, 0.29) is 5.91 Å². The van der Waals surface area contributed by atoms with Gasteiger partial charge in [0.2, 0.25) is 0 Å². The number of carbonyl (C=O) groups excluding carboxylic acids is 1. The molecule has 6 heteroatoms. The molecule has 1 aromatic carbocycles. The Balaban J connectivity index is 1.69. The molecule has 116 valence electrons. The summed E-state index contributed by atoms with van der Waals surface area (Å²) in [6.45, 7) is 3.44. The lowest BCUT2D eigenvalue weighted by Crippen LogP contribution is -2.13. The Morgan fingerprint density at radius 1 is 1.04 bits per heavy atom. The van der Waals surface area contributed by atoms with Crippen LogP contribution in [-0.4, -0.2) is 16.0 Å². The highest BCUT2D eigenvalue weighted by Gasteiger charge is 2.17. The minimum absolute atomic E-state index is 0.258. The topological polar surface area (TPSA) is 80.0 Å². The molecule has 0 unspecified atom stereocenters. The van der Waals surface area contributed by atoms with Crippen LogP contribution >= 0.6 is 0 Å². The van der Waals surface area contributed by atoms with Crippen molar-refractivity contribution in [3.05, 3.63) is 65.7 Å². The molecule has 2 heterocycles.